The van der Waals surface area contributed by atoms with Gasteiger partial charge in [-0.15, -0.1) is 0 Å². The molecule has 1 heterocycles. The number of nitrogens with zero attached hydrogens (tertiary/aromatic N) is 1. The molecule has 34 heavy (non-hydrogen) atoms. The molecule has 2 N–H and O–H groups in total. The summed E-state index contributed by atoms with van der Waals surface area (Å²) in [5, 5.41) is 12.4. The van der Waals surface area contributed by atoms with Crippen LogP contribution in [0.4, 0.5) is 5.69 Å². The zero-order chi connectivity index (χ0) is 24.0. The zero-order valence-electron chi connectivity index (χ0n) is 18.7. The highest BCUT2D eigenvalue weighted by Gasteiger charge is 2.45. The summed E-state index contributed by atoms with van der Waals surface area (Å²) in [6, 6.07) is 10.2. The van der Waals surface area contributed by atoms with Crippen LogP contribution in [-0.2, 0) is 16.4 Å². The first-order valence-electron chi connectivity index (χ1n) is 11.8. The highest BCUT2D eigenvalue weighted by molar-refractivity contribution is 7.89. The highest BCUT2D eigenvalue weighted by Crippen LogP contribution is 2.45. The summed E-state index contributed by atoms with van der Waals surface area (Å²) in [4.78, 5) is 12.9. The minimum Gasteiger partial charge on any atom is -0.396 e. The van der Waals surface area contributed by atoms with Gasteiger partial charge in [-0.05, 0) is 78.8 Å². The molecule has 9 heteroatoms. The maximum Gasteiger partial charge on any atom is 0.258 e. The number of rotatable bonds is 5. The molecule has 2 aromatic carbocycles. The van der Waals surface area contributed by atoms with Crippen molar-refractivity contribution in [3.63, 3.8) is 0 Å². The van der Waals surface area contributed by atoms with Crippen molar-refractivity contribution in [1.29, 1.82) is 0 Å². The van der Waals surface area contributed by atoms with Gasteiger partial charge in [-0.1, -0.05) is 41.8 Å². The molecule has 3 aliphatic rings. The van der Waals surface area contributed by atoms with E-state index in [4.69, 9.17) is 23.2 Å². The smallest absolute Gasteiger partial charge is 0.258 e. The number of sulfonamides is 1. The molecule has 6 nitrogen and oxygen atoms in total. The van der Waals surface area contributed by atoms with Crippen LogP contribution in [0.25, 0.3) is 0 Å². The van der Waals surface area contributed by atoms with Crippen LogP contribution < -0.4 is 5.32 Å². The average molecular weight is 523 g/mol. The van der Waals surface area contributed by atoms with E-state index in [1.807, 2.05) is 6.07 Å². The van der Waals surface area contributed by atoms with Gasteiger partial charge in [-0.25, -0.2) is 12.7 Å². The molecule has 0 aromatic heterocycles. The second kappa shape index (κ2) is 9.43. The number of benzene rings is 2. The Kier molecular flexibility index (Phi) is 6.68. The summed E-state index contributed by atoms with van der Waals surface area (Å²) in [6.45, 7) is 1.12. The van der Waals surface area contributed by atoms with Crippen LogP contribution in [0.3, 0.4) is 0 Å². The third kappa shape index (κ3) is 4.37. The number of aliphatic hydroxyl groups is 1. The lowest BCUT2D eigenvalue weighted by Crippen LogP contribution is -2.37. The number of hydrogen-bond acceptors (Lipinski definition) is 4. The van der Waals surface area contributed by atoms with Gasteiger partial charge in [0.25, 0.3) is 5.91 Å². The summed E-state index contributed by atoms with van der Waals surface area (Å²) in [5.74, 6) is 0.345. The first kappa shape index (κ1) is 24.1. The monoisotopic (exact) mass is 522 g/mol. The lowest BCUT2D eigenvalue weighted by Gasteiger charge is -2.33. The summed E-state index contributed by atoms with van der Waals surface area (Å²) in [7, 11) is -3.60. The minimum absolute atomic E-state index is 0.0554. The molecule has 0 bridgehead atoms. The molecule has 2 aliphatic carbocycles. The van der Waals surface area contributed by atoms with E-state index < -0.39 is 21.2 Å². The number of anilines is 1. The molecule has 2 fully saturated rings. The Balaban J connectivity index is 1.45. The Labute approximate surface area is 210 Å². The van der Waals surface area contributed by atoms with E-state index in [-0.39, 0.29) is 28.1 Å². The van der Waals surface area contributed by atoms with Crippen molar-refractivity contribution in [3.05, 3.63) is 63.1 Å². The van der Waals surface area contributed by atoms with E-state index in [1.54, 1.807) is 34.6 Å². The lowest BCUT2D eigenvalue weighted by atomic mass is 9.83. The number of hydrogen-bond donors (Lipinski definition) is 2. The van der Waals surface area contributed by atoms with Gasteiger partial charge in [0.2, 0.25) is 10.0 Å². The standard InChI is InChI=1S/C25H28Cl2N2O4S/c26-21-5-2-6-22(27)24(21)25(31)28-19-8-7-16-9-15(14-30)10-23(20(16)11-19)34(32,33)29-12-17-3-1-4-18(17)13-29/h2,5-8,11,15,17-18,23,30H,1,3-4,9-10,12-14H2,(H,28,31). The Hall–Kier alpha value is -1.64. The topological polar surface area (TPSA) is 86.7 Å². The predicted octanol–water partition coefficient (Wildman–Crippen LogP) is 4.90. The van der Waals surface area contributed by atoms with Gasteiger partial charge in [-0.3, -0.25) is 4.79 Å². The summed E-state index contributed by atoms with van der Waals surface area (Å²) >= 11 is 12.4. The van der Waals surface area contributed by atoms with Crippen LogP contribution in [0.15, 0.2) is 36.4 Å². The van der Waals surface area contributed by atoms with Crippen molar-refractivity contribution in [2.45, 2.75) is 37.4 Å². The van der Waals surface area contributed by atoms with Gasteiger partial charge < -0.3 is 10.4 Å². The van der Waals surface area contributed by atoms with Crippen LogP contribution in [0.1, 0.15) is 52.4 Å². The Morgan fingerprint density at radius 3 is 2.41 bits per heavy atom. The second-order valence-corrected chi connectivity index (χ2v) is 12.7. The molecule has 182 valence electrons. The number of nitrogens with one attached hydrogen (secondary N) is 1. The van der Waals surface area contributed by atoms with Crippen LogP contribution in [-0.4, -0.2) is 43.4 Å². The van der Waals surface area contributed by atoms with Crippen molar-refractivity contribution < 1.29 is 18.3 Å². The Bertz CT molecular complexity index is 1190. The first-order valence-corrected chi connectivity index (χ1v) is 14.0. The Morgan fingerprint density at radius 2 is 1.76 bits per heavy atom. The van der Waals surface area contributed by atoms with Gasteiger partial charge in [0.1, 0.15) is 5.25 Å². The fourth-order valence-electron chi connectivity index (χ4n) is 5.89. The van der Waals surface area contributed by atoms with E-state index in [0.29, 0.717) is 49.0 Å². The fraction of sp³-hybridized carbons (Fsp3) is 0.480. The molecule has 2 aromatic rings. The van der Waals surface area contributed by atoms with E-state index in [0.717, 1.165) is 18.4 Å². The van der Waals surface area contributed by atoms with Crippen molar-refractivity contribution in [2.75, 3.05) is 25.0 Å². The van der Waals surface area contributed by atoms with E-state index in [1.165, 1.54) is 6.42 Å². The van der Waals surface area contributed by atoms with Gasteiger partial charge in [-0.2, -0.15) is 0 Å². The SMILES string of the molecule is O=C(Nc1ccc2c(c1)C(S(=O)(=O)N1CC3CCCC3C1)CC(CO)C2)c1c(Cl)cccc1Cl. The molecule has 1 aliphatic heterocycles. The molecule has 0 spiro atoms. The number of fused-ring (bicyclic) bond motifs is 2. The average Bonchev–Trinajstić information content (AvgIpc) is 3.41. The molecular weight excluding hydrogens is 495 g/mol. The van der Waals surface area contributed by atoms with Crippen LogP contribution >= 0.6 is 23.2 Å². The second-order valence-electron chi connectivity index (χ2n) is 9.75. The van der Waals surface area contributed by atoms with Crippen LogP contribution in [0, 0.1) is 17.8 Å². The van der Waals surface area contributed by atoms with Gasteiger partial charge in [0.15, 0.2) is 0 Å². The predicted molar refractivity (Wildman–Crippen MR) is 134 cm³/mol. The molecule has 4 unspecified atom stereocenters. The molecule has 4 atom stereocenters. The van der Waals surface area contributed by atoms with Crippen LogP contribution in [0.2, 0.25) is 10.0 Å². The molecule has 1 amide bonds. The molecule has 1 saturated carbocycles. The minimum atomic E-state index is -3.60. The van der Waals surface area contributed by atoms with Gasteiger partial charge in [0.05, 0.1) is 15.6 Å². The van der Waals surface area contributed by atoms with Crippen molar-refractivity contribution >= 4 is 44.8 Å². The third-order valence-electron chi connectivity index (χ3n) is 7.67. The largest absolute Gasteiger partial charge is 0.396 e. The van der Waals surface area contributed by atoms with E-state index in [9.17, 15) is 18.3 Å². The number of carbonyl (C=O) groups excluding carboxylic acids is 1. The van der Waals surface area contributed by atoms with E-state index in [2.05, 4.69) is 5.32 Å². The van der Waals surface area contributed by atoms with E-state index >= 15 is 0 Å². The quantitative estimate of drug-likeness (QED) is 0.584. The summed E-state index contributed by atoms with van der Waals surface area (Å²) < 4.78 is 29.3. The normalized spacial score (nSPS) is 26.8. The molecular formula is C25H28Cl2N2O4S. The van der Waals surface area contributed by atoms with Crippen molar-refractivity contribution in [1.82, 2.24) is 4.31 Å². The fourth-order valence-corrected chi connectivity index (χ4v) is 8.67. The number of aliphatic hydroxyl groups excluding tert-OH is 1. The number of halogens is 2. The van der Waals surface area contributed by atoms with Crippen molar-refractivity contribution in [2.24, 2.45) is 17.8 Å². The van der Waals surface area contributed by atoms with Gasteiger partial charge >= 0.3 is 0 Å². The van der Waals surface area contributed by atoms with Gasteiger partial charge in [0, 0.05) is 25.4 Å². The zero-order valence-corrected chi connectivity index (χ0v) is 21.0. The number of carbonyl (C=O) groups is 1. The number of amides is 1. The summed E-state index contributed by atoms with van der Waals surface area (Å²) in [6.07, 6.45) is 4.34. The highest BCUT2D eigenvalue weighted by atomic mass is 35.5. The molecule has 0 radical (unpaired) electrons. The maximum atomic E-state index is 13.8. The van der Waals surface area contributed by atoms with Crippen molar-refractivity contribution in [3.8, 4) is 0 Å². The lowest BCUT2D eigenvalue weighted by molar-refractivity contribution is 0.102. The Morgan fingerprint density at radius 1 is 1.09 bits per heavy atom. The maximum absolute atomic E-state index is 13.8. The molecule has 1 saturated heterocycles. The molecule has 5 rings (SSSR count). The summed E-state index contributed by atoms with van der Waals surface area (Å²) in [5.41, 5.74) is 2.26. The van der Waals surface area contributed by atoms with Crippen LogP contribution in [0.5, 0.6) is 0 Å². The first-order chi connectivity index (χ1) is 16.3. The third-order valence-corrected chi connectivity index (χ3v) is 10.5.